The van der Waals surface area contributed by atoms with E-state index in [4.69, 9.17) is 4.74 Å². The number of carbonyl (C=O) groups excluding carboxylic acids is 1. The van der Waals surface area contributed by atoms with Gasteiger partial charge >= 0.3 is 11.9 Å². The van der Waals surface area contributed by atoms with Crippen molar-refractivity contribution in [2.24, 2.45) is 11.8 Å². The highest BCUT2D eigenvalue weighted by molar-refractivity contribution is 5.94. The second-order valence-corrected chi connectivity index (χ2v) is 7.41. The molecule has 1 unspecified atom stereocenters. The van der Waals surface area contributed by atoms with Crippen LogP contribution in [-0.2, 0) is 20.7 Å². The first-order valence-electron chi connectivity index (χ1n) is 9.70. The highest BCUT2D eigenvalue weighted by Gasteiger charge is 2.17. The Morgan fingerprint density at radius 3 is 1.97 bits per heavy atom. The number of carboxylic acids is 1. The number of methoxy groups -OCH3 is 1. The number of benzene rings is 2. The van der Waals surface area contributed by atoms with Gasteiger partial charge in [0.25, 0.3) is 0 Å². The molecule has 0 spiro atoms. The summed E-state index contributed by atoms with van der Waals surface area (Å²) in [5, 5.41) is 9.63. The molecule has 4 heteroatoms. The van der Waals surface area contributed by atoms with Gasteiger partial charge in [0.05, 0.1) is 7.11 Å². The summed E-state index contributed by atoms with van der Waals surface area (Å²) < 4.78 is 4.85. The predicted octanol–water partition coefficient (Wildman–Crippen LogP) is 5.25. The molecule has 0 bridgehead atoms. The molecule has 29 heavy (non-hydrogen) atoms. The molecule has 0 saturated carbocycles. The summed E-state index contributed by atoms with van der Waals surface area (Å²) in [5.41, 5.74) is 3.83. The van der Waals surface area contributed by atoms with Gasteiger partial charge in [0.2, 0.25) is 0 Å². The molecule has 0 aliphatic rings. The highest BCUT2D eigenvalue weighted by atomic mass is 16.5. The summed E-state index contributed by atoms with van der Waals surface area (Å²) in [6.07, 6.45) is 4.18. The van der Waals surface area contributed by atoms with Gasteiger partial charge in [-0.3, -0.25) is 0 Å². The van der Waals surface area contributed by atoms with Crippen molar-refractivity contribution in [2.45, 2.75) is 27.2 Å². The quantitative estimate of drug-likeness (QED) is 0.492. The van der Waals surface area contributed by atoms with E-state index in [0.717, 1.165) is 16.7 Å². The lowest BCUT2D eigenvalue weighted by Crippen LogP contribution is -2.12. The van der Waals surface area contributed by atoms with Gasteiger partial charge in [-0.25, -0.2) is 9.59 Å². The van der Waals surface area contributed by atoms with Crippen molar-refractivity contribution in [2.75, 3.05) is 7.11 Å². The van der Waals surface area contributed by atoms with Gasteiger partial charge in [-0.05, 0) is 47.1 Å². The Balaban J connectivity index is 2.18. The Bertz CT molecular complexity index is 890. The zero-order chi connectivity index (χ0) is 21.4. The van der Waals surface area contributed by atoms with Crippen LogP contribution in [0.2, 0.25) is 0 Å². The van der Waals surface area contributed by atoms with E-state index in [9.17, 15) is 14.7 Å². The van der Waals surface area contributed by atoms with Crippen molar-refractivity contribution in [3.05, 3.63) is 82.4 Å². The normalized spacial score (nSPS) is 13.3. The summed E-state index contributed by atoms with van der Waals surface area (Å²) >= 11 is 0. The number of hydrogen-bond donors (Lipinski definition) is 1. The van der Waals surface area contributed by atoms with Crippen LogP contribution in [-0.4, -0.2) is 24.2 Å². The fourth-order valence-electron chi connectivity index (χ4n) is 3.12. The molecule has 0 amide bonds. The van der Waals surface area contributed by atoms with Gasteiger partial charge in [-0.15, -0.1) is 0 Å². The van der Waals surface area contributed by atoms with Crippen LogP contribution in [0.15, 0.2) is 65.7 Å². The second-order valence-electron chi connectivity index (χ2n) is 7.41. The topological polar surface area (TPSA) is 63.6 Å². The van der Waals surface area contributed by atoms with E-state index in [-0.39, 0.29) is 17.8 Å². The van der Waals surface area contributed by atoms with Crippen LogP contribution >= 0.6 is 0 Å². The van der Waals surface area contributed by atoms with Crippen molar-refractivity contribution in [1.29, 1.82) is 0 Å². The molecule has 0 saturated heterocycles. The van der Waals surface area contributed by atoms with Crippen molar-refractivity contribution in [3.8, 4) is 0 Å². The molecular formula is C25H28O4. The van der Waals surface area contributed by atoms with E-state index in [1.165, 1.54) is 7.11 Å². The molecule has 1 N–H and O–H groups in total. The molecule has 0 radical (unpaired) electrons. The molecule has 152 valence electrons. The second kappa shape index (κ2) is 10.4. The summed E-state index contributed by atoms with van der Waals surface area (Å²) in [5.74, 6) is -1.31. The number of aliphatic carboxylic acids is 1. The molecule has 2 rings (SSSR count). The molecule has 0 aromatic heterocycles. The molecule has 0 aliphatic carbocycles. The van der Waals surface area contributed by atoms with Crippen molar-refractivity contribution in [3.63, 3.8) is 0 Å². The van der Waals surface area contributed by atoms with E-state index >= 15 is 0 Å². The van der Waals surface area contributed by atoms with E-state index < -0.39 is 5.97 Å². The minimum absolute atomic E-state index is 0.0587. The third-order valence-corrected chi connectivity index (χ3v) is 4.79. The Hall–Kier alpha value is -3.14. The van der Waals surface area contributed by atoms with Gasteiger partial charge in [0.15, 0.2) is 0 Å². The number of rotatable bonds is 8. The first-order valence-corrected chi connectivity index (χ1v) is 9.70. The van der Waals surface area contributed by atoms with Crippen LogP contribution in [0.25, 0.3) is 12.2 Å². The molecule has 0 fully saturated rings. The minimum atomic E-state index is -0.902. The van der Waals surface area contributed by atoms with Crippen molar-refractivity contribution < 1.29 is 19.4 Å². The fourth-order valence-corrected chi connectivity index (χ4v) is 3.12. The van der Waals surface area contributed by atoms with Crippen LogP contribution in [0.4, 0.5) is 0 Å². The van der Waals surface area contributed by atoms with Gasteiger partial charge in [-0.2, -0.15) is 0 Å². The molecule has 4 nitrogen and oxygen atoms in total. The Labute approximate surface area is 172 Å². The number of esters is 1. The third-order valence-electron chi connectivity index (χ3n) is 4.79. The predicted molar refractivity (Wildman–Crippen MR) is 116 cm³/mol. The molecule has 1 atom stereocenters. The van der Waals surface area contributed by atoms with Crippen LogP contribution in [0, 0.1) is 11.8 Å². The maximum atomic E-state index is 11.9. The highest BCUT2D eigenvalue weighted by Crippen LogP contribution is 2.22. The first-order chi connectivity index (χ1) is 13.8. The Morgan fingerprint density at radius 2 is 1.45 bits per heavy atom. The van der Waals surface area contributed by atoms with Crippen LogP contribution in [0.3, 0.4) is 0 Å². The zero-order valence-corrected chi connectivity index (χ0v) is 17.4. The molecular weight excluding hydrogens is 364 g/mol. The third kappa shape index (κ3) is 6.46. The van der Waals surface area contributed by atoms with Crippen LogP contribution in [0.5, 0.6) is 0 Å². The van der Waals surface area contributed by atoms with Crippen molar-refractivity contribution in [1.82, 2.24) is 0 Å². The van der Waals surface area contributed by atoms with Gasteiger partial charge in [0.1, 0.15) is 0 Å². The van der Waals surface area contributed by atoms with Gasteiger partial charge < -0.3 is 9.84 Å². The van der Waals surface area contributed by atoms with Crippen molar-refractivity contribution >= 4 is 24.1 Å². The van der Waals surface area contributed by atoms with E-state index in [2.05, 4.69) is 0 Å². The smallest absolute Gasteiger partial charge is 0.334 e. The standard InChI is InChI=1S/C25H28O4/c1-17(2)22(25(28)29-4)15-21-12-10-20(11-13-21)14-18(3)23(24(26)27)16-19-8-6-5-7-9-19/h5-13,15-18H,14H2,1-4H3,(H,26,27)/b22-15-,23-16?. The first kappa shape index (κ1) is 22.2. The molecule has 2 aromatic carbocycles. The lowest BCUT2D eigenvalue weighted by atomic mass is 9.91. The number of ether oxygens (including phenoxy) is 1. The Morgan fingerprint density at radius 1 is 0.897 bits per heavy atom. The SMILES string of the molecule is COC(=O)/C(=C\c1ccc(CC(C)C(=Cc2ccccc2)C(=O)O)cc1)C(C)C. The molecule has 0 aliphatic heterocycles. The zero-order valence-electron chi connectivity index (χ0n) is 17.4. The summed E-state index contributed by atoms with van der Waals surface area (Å²) in [4.78, 5) is 23.7. The average molecular weight is 392 g/mol. The van der Waals surface area contributed by atoms with Crippen LogP contribution in [0.1, 0.15) is 37.5 Å². The largest absolute Gasteiger partial charge is 0.478 e. The van der Waals surface area contributed by atoms with Gasteiger partial charge in [-0.1, -0.05) is 75.4 Å². The molecule has 2 aromatic rings. The lowest BCUT2D eigenvalue weighted by molar-refractivity contribution is -0.136. The summed E-state index contributed by atoms with van der Waals surface area (Å²) in [7, 11) is 1.38. The lowest BCUT2D eigenvalue weighted by Gasteiger charge is -2.13. The summed E-state index contributed by atoms with van der Waals surface area (Å²) in [6, 6.07) is 17.3. The maximum Gasteiger partial charge on any atom is 0.334 e. The number of carboxylic acid groups (broad SMARTS) is 1. The average Bonchev–Trinajstić information content (AvgIpc) is 2.71. The van der Waals surface area contributed by atoms with Gasteiger partial charge in [0, 0.05) is 11.1 Å². The number of carbonyl (C=O) groups is 2. The minimum Gasteiger partial charge on any atom is -0.478 e. The van der Waals surface area contributed by atoms with Crippen LogP contribution < -0.4 is 0 Å². The molecule has 0 heterocycles. The van der Waals surface area contributed by atoms with E-state index in [1.54, 1.807) is 6.08 Å². The van der Waals surface area contributed by atoms with E-state index in [0.29, 0.717) is 17.6 Å². The summed E-state index contributed by atoms with van der Waals surface area (Å²) in [6.45, 7) is 5.82. The van der Waals surface area contributed by atoms with E-state index in [1.807, 2.05) is 81.4 Å². The fraction of sp³-hybridized carbons (Fsp3) is 0.280. The number of hydrogen-bond acceptors (Lipinski definition) is 3. The maximum absolute atomic E-state index is 11.9. The Kier molecular flexibility index (Phi) is 7.96. The monoisotopic (exact) mass is 392 g/mol.